The van der Waals surface area contributed by atoms with Gasteiger partial charge in [-0.05, 0) is 12.5 Å². The normalized spacial score (nSPS) is 22.4. The first-order chi connectivity index (χ1) is 7.82. The van der Waals surface area contributed by atoms with Crippen LogP contribution in [0.15, 0.2) is 42.6 Å². The van der Waals surface area contributed by atoms with Crippen LogP contribution < -0.4 is 0 Å². The van der Waals surface area contributed by atoms with Gasteiger partial charge in [0, 0.05) is 11.8 Å². The molecule has 1 unspecified atom stereocenters. The molecule has 16 heavy (non-hydrogen) atoms. The zero-order chi connectivity index (χ0) is 11.4. The highest BCUT2D eigenvalue weighted by Gasteiger charge is 2.32. The van der Waals surface area contributed by atoms with Gasteiger partial charge in [-0.25, -0.2) is 4.98 Å². The number of aromatic nitrogens is 1. The fourth-order valence-electron chi connectivity index (χ4n) is 1.82. The highest BCUT2D eigenvalue weighted by atomic mass is 14.7. The van der Waals surface area contributed by atoms with Crippen LogP contribution in [0.1, 0.15) is 17.7 Å². The molecular weight excluding hydrogens is 198 g/mol. The summed E-state index contributed by atoms with van der Waals surface area (Å²) < 4.78 is 0. The number of nitriles is 2. The summed E-state index contributed by atoms with van der Waals surface area (Å²) in [4.78, 5) is 4.00. The maximum Gasteiger partial charge on any atom is 0.145 e. The lowest BCUT2D eigenvalue weighted by Gasteiger charge is -2.24. The van der Waals surface area contributed by atoms with E-state index in [1.807, 2.05) is 30.4 Å². The van der Waals surface area contributed by atoms with Crippen molar-refractivity contribution in [1.29, 1.82) is 10.5 Å². The Kier molecular flexibility index (Phi) is 2.54. The quantitative estimate of drug-likeness (QED) is 0.709. The summed E-state index contributed by atoms with van der Waals surface area (Å²) in [5.41, 5.74) is 0.262. The molecule has 1 atom stereocenters. The highest BCUT2D eigenvalue weighted by Crippen LogP contribution is 2.33. The van der Waals surface area contributed by atoms with E-state index in [1.165, 1.54) is 0 Å². The maximum atomic E-state index is 9.34. The number of hydrogen-bond acceptors (Lipinski definition) is 3. The molecule has 1 aromatic heterocycles. The van der Waals surface area contributed by atoms with Gasteiger partial charge in [0.1, 0.15) is 17.2 Å². The van der Waals surface area contributed by atoms with E-state index in [4.69, 9.17) is 5.26 Å². The van der Waals surface area contributed by atoms with E-state index in [-0.39, 0.29) is 0 Å². The summed E-state index contributed by atoms with van der Waals surface area (Å²) in [6.07, 6.45) is 9.64. The molecule has 0 spiro atoms. The third kappa shape index (κ3) is 1.49. The highest BCUT2D eigenvalue weighted by molar-refractivity contribution is 5.47. The Bertz CT molecular complexity index is 543. The molecule has 0 fully saturated rings. The lowest BCUT2D eigenvalue weighted by Crippen LogP contribution is -2.23. The van der Waals surface area contributed by atoms with E-state index in [0.29, 0.717) is 17.7 Å². The molecule has 0 amide bonds. The minimum atomic E-state index is -0.742. The van der Waals surface area contributed by atoms with Gasteiger partial charge < -0.3 is 0 Å². The minimum Gasteiger partial charge on any atom is -0.245 e. The van der Waals surface area contributed by atoms with E-state index < -0.39 is 5.41 Å². The molecule has 76 valence electrons. The molecule has 0 aliphatic heterocycles. The average Bonchev–Trinajstić information content (AvgIpc) is 2.39. The minimum absolute atomic E-state index is 0.323. The van der Waals surface area contributed by atoms with Crippen LogP contribution in [0.2, 0.25) is 0 Å². The van der Waals surface area contributed by atoms with Gasteiger partial charge in [0.25, 0.3) is 0 Å². The third-order valence-corrected chi connectivity index (χ3v) is 2.66. The molecule has 1 heterocycles. The number of nitrogens with zero attached hydrogens (tertiary/aromatic N) is 3. The largest absolute Gasteiger partial charge is 0.245 e. The molecule has 1 aliphatic carbocycles. The molecule has 0 saturated heterocycles. The second kappa shape index (κ2) is 4.00. The van der Waals surface area contributed by atoms with Gasteiger partial charge in [0.2, 0.25) is 0 Å². The average molecular weight is 207 g/mol. The van der Waals surface area contributed by atoms with Crippen molar-refractivity contribution >= 4 is 0 Å². The second-order valence-electron chi connectivity index (χ2n) is 3.59. The van der Waals surface area contributed by atoms with Crippen LogP contribution >= 0.6 is 0 Å². The van der Waals surface area contributed by atoms with Crippen LogP contribution in [0.3, 0.4) is 0 Å². The van der Waals surface area contributed by atoms with Crippen LogP contribution in [0.25, 0.3) is 0 Å². The zero-order valence-corrected chi connectivity index (χ0v) is 8.59. The van der Waals surface area contributed by atoms with E-state index in [2.05, 4.69) is 11.1 Å². The molecule has 0 bridgehead atoms. The van der Waals surface area contributed by atoms with Gasteiger partial charge in [0.15, 0.2) is 0 Å². The molecule has 0 radical (unpaired) electrons. The fraction of sp³-hybridized carbons (Fsp3) is 0.154. The second-order valence-corrected chi connectivity index (χ2v) is 3.59. The molecule has 0 aromatic carbocycles. The smallest absolute Gasteiger partial charge is 0.145 e. The maximum absolute atomic E-state index is 9.34. The van der Waals surface area contributed by atoms with Crippen molar-refractivity contribution in [2.24, 2.45) is 0 Å². The number of rotatable bonds is 1. The molecule has 0 saturated carbocycles. The molecule has 0 N–H and O–H groups in total. The summed E-state index contributed by atoms with van der Waals surface area (Å²) in [6, 6.07) is 7.85. The van der Waals surface area contributed by atoms with Crippen LogP contribution in [-0.2, 0) is 5.41 Å². The lowest BCUT2D eigenvalue weighted by atomic mass is 9.76. The Balaban J connectivity index is 2.59. The van der Waals surface area contributed by atoms with Crippen molar-refractivity contribution < 1.29 is 0 Å². The molecule has 1 aromatic rings. The van der Waals surface area contributed by atoms with E-state index in [0.717, 1.165) is 0 Å². The monoisotopic (exact) mass is 207 g/mol. The predicted molar refractivity (Wildman–Crippen MR) is 59.1 cm³/mol. The Labute approximate surface area is 94.0 Å². The van der Waals surface area contributed by atoms with Gasteiger partial charge in [-0.3, -0.25) is 0 Å². The number of pyridine rings is 1. The van der Waals surface area contributed by atoms with E-state index in [9.17, 15) is 5.26 Å². The van der Waals surface area contributed by atoms with Gasteiger partial charge >= 0.3 is 0 Å². The van der Waals surface area contributed by atoms with Crippen molar-refractivity contribution in [2.75, 3.05) is 0 Å². The molecule has 1 aliphatic rings. The van der Waals surface area contributed by atoms with Crippen LogP contribution in [0.4, 0.5) is 0 Å². The van der Waals surface area contributed by atoms with Crippen molar-refractivity contribution in [1.82, 2.24) is 4.98 Å². The van der Waals surface area contributed by atoms with Gasteiger partial charge in [0.05, 0.1) is 6.07 Å². The predicted octanol–water partition coefficient (Wildman–Crippen LogP) is 2.23. The third-order valence-electron chi connectivity index (χ3n) is 2.66. The summed E-state index contributed by atoms with van der Waals surface area (Å²) >= 11 is 0. The van der Waals surface area contributed by atoms with Crippen molar-refractivity contribution in [3.05, 3.63) is 53.9 Å². The Morgan fingerprint density at radius 1 is 1.31 bits per heavy atom. The molecule has 2 rings (SSSR count). The van der Waals surface area contributed by atoms with Crippen molar-refractivity contribution in [3.8, 4) is 12.1 Å². The standard InChI is InChI=1S/C13H9N3/c14-9-12-11(5-4-8-16-12)13(10-15)6-2-1-3-7-13/h1-6,8H,7H2. The summed E-state index contributed by atoms with van der Waals surface area (Å²) in [5.74, 6) is 0. The van der Waals surface area contributed by atoms with Gasteiger partial charge in [-0.15, -0.1) is 0 Å². The van der Waals surface area contributed by atoms with E-state index in [1.54, 1.807) is 18.3 Å². The van der Waals surface area contributed by atoms with Crippen LogP contribution in [-0.4, -0.2) is 4.98 Å². The topological polar surface area (TPSA) is 60.5 Å². The summed E-state index contributed by atoms with van der Waals surface area (Å²) in [7, 11) is 0. The fourth-order valence-corrected chi connectivity index (χ4v) is 1.82. The van der Waals surface area contributed by atoms with Crippen molar-refractivity contribution in [3.63, 3.8) is 0 Å². The van der Waals surface area contributed by atoms with E-state index >= 15 is 0 Å². The summed E-state index contributed by atoms with van der Waals surface area (Å²) in [5, 5.41) is 18.3. The van der Waals surface area contributed by atoms with Gasteiger partial charge in [-0.2, -0.15) is 10.5 Å². The molecular formula is C13H9N3. The number of hydrogen-bond donors (Lipinski definition) is 0. The van der Waals surface area contributed by atoms with Crippen molar-refractivity contribution in [2.45, 2.75) is 11.8 Å². The van der Waals surface area contributed by atoms with Gasteiger partial charge in [-0.1, -0.05) is 30.4 Å². The Hall–Kier alpha value is -2.39. The zero-order valence-electron chi connectivity index (χ0n) is 8.59. The Morgan fingerprint density at radius 2 is 2.19 bits per heavy atom. The lowest BCUT2D eigenvalue weighted by molar-refractivity contribution is 0.684. The molecule has 3 nitrogen and oxygen atoms in total. The molecule has 3 heteroatoms. The first-order valence-electron chi connectivity index (χ1n) is 4.93. The number of allylic oxidation sites excluding steroid dienone is 4. The van der Waals surface area contributed by atoms with Crippen LogP contribution in [0.5, 0.6) is 0 Å². The first-order valence-corrected chi connectivity index (χ1v) is 4.93. The first kappa shape index (κ1) is 10.1. The summed E-state index contributed by atoms with van der Waals surface area (Å²) in [6.45, 7) is 0. The van der Waals surface area contributed by atoms with Crippen LogP contribution in [0, 0.1) is 22.7 Å². The Morgan fingerprint density at radius 3 is 2.81 bits per heavy atom. The SMILES string of the molecule is N#Cc1ncccc1C1(C#N)C=CC=CC1.